The predicted molar refractivity (Wildman–Crippen MR) is 151 cm³/mol. The molecule has 0 saturated heterocycles. The van der Waals surface area contributed by atoms with E-state index in [1.54, 1.807) is 6.92 Å². The summed E-state index contributed by atoms with van der Waals surface area (Å²) in [5.41, 5.74) is 8.60. The Bertz CT molecular complexity index is 1650. The van der Waals surface area contributed by atoms with Crippen LogP contribution in [0.2, 0.25) is 0 Å². The quantitative estimate of drug-likeness (QED) is 0.273. The van der Waals surface area contributed by atoms with Crippen LogP contribution >= 0.6 is 0 Å². The van der Waals surface area contributed by atoms with E-state index in [4.69, 9.17) is 4.74 Å². The number of fused-ring (bicyclic) bond motifs is 1. The van der Waals surface area contributed by atoms with E-state index in [1.165, 1.54) is 0 Å². The maximum Gasteiger partial charge on any atom is 0.339 e. The third-order valence-electron chi connectivity index (χ3n) is 7.02. The minimum Gasteiger partial charge on any atom is -0.462 e. The van der Waals surface area contributed by atoms with Gasteiger partial charge in [-0.15, -0.1) is 0 Å². The first-order chi connectivity index (χ1) is 17.8. The van der Waals surface area contributed by atoms with E-state index in [2.05, 4.69) is 12.1 Å². The van der Waals surface area contributed by atoms with Gasteiger partial charge in [-0.25, -0.2) is 4.79 Å². The van der Waals surface area contributed by atoms with E-state index in [9.17, 15) is 9.59 Å². The first-order valence-corrected chi connectivity index (χ1v) is 12.6. The molecule has 0 N–H and O–H groups in total. The zero-order valence-corrected chi connectivity index (χ0v) is 21.9. The lowest BCUT2D eigenvalue weighted by molar-refractivity contribution is -0.138. The van der Waals surface area contributed by atoms with Crippen LogP contribution < -0.4 is 0 Å². The highest BCUT2D eigenvalue weighted by molar-refractivity contribution is 6.55. The number of carbonyl (C=O) groups is 2. The second-order valence-corrected chi connectivity index (χ2v) is 9.75. The molecule has 0 aromatic heterocycles. The summed E-state index contributed by atoms with van der Waals surface area (Å²) in [7, 11) is 0. The minimum atomic E-state index is -0.478. The van der Waals surface area contributed by atoms with Gasteiger partial charge in [0.2, 0.25) is 0 Å². The summed E-state index contributed by atoms with van der Waals surface area (Å²) < 4.78 is 5.58. The molecule has 1 aliphatic rings. The van der Waals surface area contributed by atoms with E-state index >= 15 is 0 Å². The lowest BCUT2D eigenvalue weighted by Crippen LogP contribution is -2.11. The molecule has 0 spiro atoms. The predicted octanol–water partition coefficient (Wildman–Crippen LogP) is 7.58. The summed E-state index contributed by atoms with van der Waals surface area (Å²) in [5, 5.41) is 2.09. The molecule has 0 heterocycles. The number of Topliss-reactive ketones (excluding diaryl/α,β-unsaturated/α-hetero) is 1. The first kappa shape index (κ1) is 24.5. The van der Waals surface area contributed by atoms with Crippen LogP contribution in [0.25, 0.3) is 27.5 Å². The minimum absolute atomic E-state index is 0.153. The van der Waals surface area contributed by atoms with Gasteiger partial charge in [0.25, 0.3) is 0 Å². The summed E-state index contributed by atoms with van der Waals surface area (Å²) in [5.74, 6) is -0.631. The zero-order chi connectivity index (χ0) is 26.3. The van der Waals surface area contributed by atoms with E-state index in [0.29, 0.717) is 27.9 Å². The Morgan fingerprint density at radius 3 is 1.86 bits per heavy atom. The van der Waals surface area contributed by atoms with Gasteiger partial charge in [-0.1, -0.05) is 83.9 Å². The maximum atomic E-state index is 14.4. The molecule has 0 radical (unpaired) electrons. The summed E-state index contributed by atoms with van der Waals surface area (Å²) in [6, 6.07) is 26.2. The molecule has 3 heteroatoms. The van der Waals surface area contributed by atoms with E-state index in [1.807, 2.05) is 94.4 Å². The van der Waals surface area contributed by atoms with Crippen LogP contribution in [0, 0.1) is 27.7 Å². The smallest absolute Gasteiger partial charge is 0.339 e. The van der Waals surface area contributed by atoms with Gasteiger partial charge in [-0.05, 0) is 79.3 Å². The lowest BCUT2D eigenvalue weighted by Gasteiger charge is -2.16. The lowest BCUT2D eigenvalue weighted by atomic mass is 9.88. The number of aryl methyl sites for hydroxylation is 4. The van der Waals surface area contributed by atoms with Crippen molar-refractivity contribution in [1.82, 2.24) is 0 Å². The third kappa shape index (κ3) is 4.31. The fourth-order valence-electron chi connectivity index (χ4n) is 5.34. The molecule has 4 aromatic carbocycles. The molecule has 3 nitrogen and oxygen atoms in total. The fraction of sp³-hybridized carbons (Fsp3) is 0.176. The number of rotatable bonds is 5. The van der Waals surface area contributed by atoms with Gasteiger partial charge in [0, 0.05) is 16.7 Å². The van der Waals surface area contributed by atoms with Gasteiger partial charge < -0.3 is 4.74 Å². The normalized spacial score (nSPS) is 13.6. The number of benzene rings is 4. The van der Waals surface area contributed by atoms with Crippen molar-refractivity contribution < 1.29 is 14.3 Å². The molecule has 37 heavy (non-hydrogen) atoms. The summed E-state index contributed by atoms with van der Waals surface area (Å²) in [6.45, 7) is 10.1. The number of ketones is 1. The largest absolute Gasteiger partial charge is 0.462 e. The van der Waals surface area contributed by atoms with Crippen molar-refractivity contribution >= 4 is 39.2 Å². The number of carbonyl (C=O) groups excluding carboxylic acids is 2. The molecule has 0 aliphatic heterocycles. The Kier molecular flexibility index (Phi) is 6.39. The van der Waals surface area contributed by atoms with E-state index in [0.717, 1.165) is 44.2 Å². The summed E-state index contributed by atoms with van der Waals surface area (Å²) in [4.78, 5) is 28.1. The van der Waals surface area contributed by atoms with Gasteiger partial charge in [0.1, 0.15) is 0 Å². The molecular weight excluding hydrogens is 456 g/mol. The second-order valence-electron chi connectivity index (χ2n) is 9.75. The van der Waals surface area contributed by atoms with Crippen molar-refractivity contribution in [3.63, 3.8) is 0 Å². The summed E-state index contributed by atoms with van der Waals surface area (Å²) >= 11 is 0. The van der Waals surface area contributed by atoms with Crippen LogP contribution in [0.5, 0.6) is 0 Å². The van der Waals surface area contributed by atoms with Crippen molar-refractivity contribution in [2.45, 2.75) is 34.6 Å². The molecule has 4 aromatic rings. The SMILES string of the molecule is CCOC(=O)C1=C(c2ccc3ccccc3c2)C(=O)C(c2ccc(C)cc2C)=C1c1ccc(C)cc1C. The van der Waals surface area contributed by atoms with Crippen molar-refractivity contribution in [2.24, 2.45) is 0 Å². The van der Waals surface area contributed by atoms with Gasteiger partial charge in [-0.3, -0.25) is 4.79 Å². The maximum absolute atomic E-state index is 14.4. The molecule has 0 bridgehead atoms. The Morgan fingerprint density at radius 2 is 1.27 bits per heavy atom. The molecule has 0 saturated carbocycles. The second kappa shape index (κ2) is 9.67. The fourth-order valence-corrected chi connectivity index (χ4v) is 5.34. The van der Waals surface area contributed by atoms with Crippen molar-refractivity contribution in [1.29, 1.82) is 0 Å². The number of hydrogen-bond donors (Lipinski definition) is 0. The Morgan fingerprint density at radius 1 is 0.676 bits per heavy atom. The van der Waals surface area contributed by atoms with Crippen LogP contribution in [0.3, 0.4) is 0 Å². The first-order valence-electron chi connectivity index (χ1n) is 12.6. The van der Waals surface area contributed by atoms with Gasteiger partial charge in [0.15, 0.2) is 5.78 Å². The van der Waals surface area contributed by atoms with Gasteiger partial charge >= 0.3 is 5.97 Å². The van der Waals surface area contributed by atoms with Crippen molar-refractivity contribution in [3.05, 3.63) is 123 Å². The molecule has 0 amide bonds. The number of esters is 1. The van der Waals surface area contributed by atoms with Crippen LogP contribution in [0.15, 0.2) is 84.4 Å². The van der Waals surface area contributed by atoms with Crippen molar-refractivity contribution in [3.8, 4) is 0 Å². The Balaban J connectivity index is 1.87. The van der Waals surface area contributed by atoms with Crippen molar-refractivity contribution in [2.75, 3.05) is 6.61 Å². The molecule has 0 fully saturated rings. The van der Waals surface area contributed by atoms with Crippen LogP contribution in [-0.2, 0) is 14.3 Å². The average molecular weight is 487 g/mol. The third-order valence-corrected chi connectivity index (χ3v) is 7.02. The van der Waals surface area contributed by atoms with Crippen LogP contribution in [-0.4, -0.2) is 18.4 Å². The molecule has 1 aliphatic carbocycles. The standard InChI is InChI=1S/C34H30O3/c1-6-37-34(36)32-29(26-14-13-24-9-7-8-10-25(24)19-26)33(35)31(28-16-12-21(3)18-23(28)5)30(32)27-15-11-20(2)17-22(27)4/h7-19H,6H2,1-5H3. The Labute approximate surface area is 218 Å². The number of hydrogen-bond acceptors (Lipinski definition) is 3. The molecular formula is C34H30O3. The molecule has 5 rings (SSSR count). The van der Waals surface area contributed by atoms with Crippen LogP contribution in [0.4, 0.5) is 0 Å². The van der Waals surface area contributed by atoms with E-state index in [-0.39, 0.29) is 12.4 Å². The monoisotopic (exact) mass is 486 g/mol. The van der Waals surface area contributed by atoms with E-state index < -0.39 is 5.97 Å². The molecule has 184 valence electrons. The van der Waals surface area contributed by atoms with Crippen LogP contribution in [0.1, 0.15) is 45.9 Å². The molecule has 0 atom stereocenters. The van der Waals surface area contributed by atoms with Gasteiger partial charge in [0.05, 0.1) is 12.2 Å². The Hall–Kier alpha value is -4.24. The van der Waals surface area contributed by atoms with Gasteiger partial charge in [-0.2, -0.15) is 0 Å². The average Bonchev–Trinajstić information content (AvgIpc) is 3.16. The number of allylic oxidation sites excluding steroid dienone is 2. The summed E-state index contributed by atoms with van der Waals surface area (Å²) in [6.07, 6.45) is 0. The number of ether oxygens (including phenoxy) is 1. The zero-order valence-electron chi connectivity index (χ0n) is 21.9. The molecule has 0 unspecified atom stereocenters. The topological polar surface area (TPSA) is 43.4 Å². The highest BCUT2D eigenvalue weighted by Crippen LogP contribution is 2.47. The highest BCUT2D eigenvalue weighted by Gasteiger charge is 2.39. The highest BCUT2D eigenvalue weighted by atomic mass is 16.5.